The molecule has 1 fully saturated rings. The average molecular weight is 388 g/mol. The summed E-state index contributed by atoms with van der Waals surface area (Å²) in [4.78, 5) is 22.9. The molecule has 0 atom stereocenters. The zero-order valence-electron chi connectivity index (χ0n) is 14.8. The van der Waals surface area contributed by atoms with Crippen molar-refractivity contribution in [3.63, 3.8) is 0 Å². The van der Waals surface area contributed by atoms with Gasteiger partial charge in [0.1, 0.15) is 5.82 Å². The van der Waals surface area contributed by atoms with Gasteiger partial charge in [-0.1, -0.05) is 0 Å². The highest BCUT2D eigenvalue weighted by atomic mass is 32.2. The number of carbonyl (C=O) groups excluding carboxylic acids is 1. The fourth-order valence-corrected chi connectivity index (χ4v) is 4.20. The number of amides is 1. The molecule has 0 aliphatic carbocycles. The van der Waals surface area contributed by atoms with Gasteiger partial charge in [0, 0.05) is 44.5 Å². The van der Waals surface area contributed by atoms with E-state index in [1.807, 2.05) is 12.1 Å². The predicted molar refractivity (Wildman–Crippen MR) is 101 cm³/mol. The standard InChI is InChI=1S/C17H20N6O3S/c1-27(25,26)17-12-9-20-16(24)15(12)13(10-21-17)22-14-3-2-11(8-19-14)23-6-4-18-5-7-23/h2-3,8,10,18H,4-7,9H2,1H3,(H,19,22)(H,20,24). The number of nitrogens with one attached hydrogen (secondary N) is 3. The van der Waals surface area contributed by atoms with Crippen molar-refractivity contribution in [2.45, 2.75) is 11.6 Å². The molecule has 2 aliphatic heterocycles. The van der Waals surface area contributed by atoms with E-state index in [2.05, 4.69) is 30.8 Å². The molecule has 0 unspecified atom stereocenters. The van der Waals surface area contributed by atoms with Crippen LogP contribution in [0, 0.1) is 0 Å². The van der Waals surface area contributed by atoms with Crippen LogP contribution in [0.1, 0.15) is 15.9 Å². The van der Waals surface area contributed by atoms with Gasteiger partial charge in [0.25, 0.3) is 5.91 Å². The first-order valence-electron chi connectivity index (χ1n) is 8.62. The molecule has 27 heavy (non-hydrogen) atoms. The molecular formula is C17H20N6O3S. The molecule has 0 bridgehead atoms. The van der Waals surface area contributed by atoms with Crippen LogP contribution in [0.4, 0.5) is 17.2 Å². The van der Waals surface area contributed by atoms with Crippen molar-refractivity contribution < 1.29 is 13.2 Å². The fraction of sp³-hybridized carbons (Fsp3) is 0.353. The Bertz CT molecular complexity index is 984. The number of sulfone groups is 1. The summed E-state index contributed by atoms with van der Waals surface area (Å²) >= 11 is 0. The Labute approximate surface area is 157 Å². The molecule has 10 heteroatoms. The van der Waals surface area contributed by atoms with E-state index in [0.29, 0.717) is 22.6 Å². The molecule has 9 nitrogen and oxygen atoms in total. The second-order valence-electron chi connectivity index (χ2n) is 6.55. The van der Waals surface area contributed by atoms with Crippen molar-refractivity contribution in [2.75, 3.05) is 42.7 Å². The lowest BCUT2D eigenvalue weighted by Gasteiger charge is -2.29. The lowest BCUT2D eigenvalue weighted by atomic mass is 10.1. The summed E-state index contributed by atoms with van der Waals surface area (Å²) in [6.45, 7) is 3.89. The van der Waals surface area contributed by atoms with Gasteiger partial charge in [-0.3, -0.25) is 4.79 Å². The minimum Gasteiger partial charge on any atom is -0.368 e. The Balaban J connectivity index is 1.61. The van der Waals surface area contributed by atoms with Crippen LogP contribution in [0.15, 0.2) is 29.6 Å². The number of anilines is 3. The van der Waals surface area contributed by atoms with Gasteiger partial charge in [0.05, 0.1) is 29.3 Å². The maximum atomic E-state index is 12.2. The molecule has 0 saturated carbocycles. The second-order valence-corrected chi connectivity index (χ2v) is 8.48. The highest BCUT2D eigenvalue weighted by Crippen LogP contribution is 2.30. The van der Waals surface area contributed by atoms with Crippen LogP contribution in [0.5, 0.6) is 0 Å². The molecule has 0 radical (unpaired) electrons. The maximum Gasteiger partial charge on any atom is 0.254 e. The fourth-order valence-electron chi connectivity index (χ4n) is 3.34. The second kappa shape index (κ2) is 6.78. The summed E-state index contributed by atoms with van der Waals surface area (Å²) in [6, 6.07) is 3.81. The number of hydrogen-bond acceptors (Lipinski definition) is 8. The van der Waals surface area contributed by atoms with Crippen LogP contribution in [0.3, 0.4) is 0 Å². The number of rotatable bonds is 4. The van der Waals surface area contributed by atoms with Gasteiger partial charge >= 0.3 is 0 Å². The minimum atomic E-state index is -3.52. The van der Waals surface area contributed by atoms with Gasteiger partial charge in [-0.05, 0) is 12.1 Å². The van der Waals surface area contributed by atoms with E-state index in [1.54, 1.807) is 6.20 Å². The van der Waals surface area contributed by atoms with E-state index in [1.165, 1.54) is 6.20 Å². The summed E-state index contributed by atoms with van der Waals surface area (Å²) in [7, 11) is -3.52. The molecule has 0 aromatic carbocycles. The van der Waals surface area contributed by atoms with Crippen LogP contribution in [-0.2, 0) is 16.4 Å². The van der Waals surface area contributed by atoms with Gasteiger partial charge in [-0.15, -0.1) is 0 Å². The topological polar surface area (TPSA) is 116 Å². The number of nitrogens with zero attached hydrogens (tertiary/aromatic N) is 3. The van der Waals surface area contributed by atoms with E-state index in [0.717, 1.165) is 38.1 Å². The molecule has 1 saturated heterocycles. The van der Waals surface area contributed by atoms with Gasteiger partial charge in [-0.25, -0.2) is 18.4 Å². The summed E-state index contributed by atoms with van der Waals surface area (Å²) in [5.74, 6) is 0.238. The van der Waals surface area contributed by atoms with Gasteiger partial charge in [0.2, 0.25) is 0 Å². The Kier molecular flexibility index (Phi) is 4.44. The maximum absolute atomic E-state index is 12.2. The summed E-state index contributed by atoms with van der Waals surface area (Å²) in [5, 5.41) is 8.99. The third-order valence-electron chi connectivity index (χ3n) is 4.64. The summed E-state index contributed by atoms with van der Waals surface area (Å²) in [6.07, 6.45) is 4.24. The Morgan fingerprint density at radius 1 is 1.15 bits per heavy atom. The zero-order chi connectivity index (χ0) is 19.0. The highest BCUT2D eigenvalue weighted by Gasteiger charge is 2.30. The first-order chi connectivity index (χ1) is 12.9. The zero-order valence-corrected chi connectivity index (χ0v) is 15.6. The molecule has 4 heterocycles. The molecule has 1 amide bonds. The van der Waals surface area contributed by atoms with E-state index >= 15 is 0 Å². The number of aromatic nitrogens is 2. The molecule has 4 rings (SSSR count). The number of piperazine rings is 1. The Hall–Kier alpha value is -2.72. The largest absolute Gasteiger partial charge is 0.368 e. The monoisotopic (exact) mass is 388 g/mol. The molecule has 142 valence electrons. The van der Waals surface area contributed by atoms with Crippen molar-refractivity contribution in [1.29, 1.82) is 0 Å². The average Bonchev–Trinajstić information content (AvgIpc) is 3.04. The molecule has 2 aromatic heterocycles. The van der Waals surface area contributed by atoms with Crippen molar-refractivity contribution in [2.24, 2.45) is 0 Å². The molecule has 0 spiro atoms. The number of pyridine rings is 2. The van der Waals surface area contributed by atoms with E-state index < -0.39 is 9.84 Å². The van der Waals surface area contributed by atoms with E-state index in [-0.39, 0.29) is 17.5 Å². The first-order valence-corrected chi connectivity index (χ1v) is 10.5. The first kappa shape index (κ1) is 17.7. The van der Waals surface area contributed by atoms with Crippen LogP contribution in [-0.4, -0.2) is 56.7 Å². The van der Waals surface area contributed by atoms with Crippen molar-refractivity contribution >= 4 is 32.9 Å². The normalized spacial score (nSPS) is 16.8. The van der Waals surface area contributed by atoms with Gasteiger partial charge in [-0.2, -0.15) is 0 Å². The predicted octanol–water partition coefficient (Wildman–Crippen LogP) is 0.277. The molecule has 3 N–H and O–H groups in total. The number of carbonyl (C=O) groups is 1. The van der Waals surface area contributed by atoms with Crippen molar-refractivity contribution in [3.8, 4) is 0 Å². The van der Waals surface area contributed by atoms with Gasteiger partial charge in [0.15, 0.2) is 14.9 Å². The van der Waals surface area contributed by atoms with Crippen LogP contribution in [0.25, 0.3) is 0 Å². The molecule has 2 aromatic rings. The molecule has 2 aliphatic rings. The smallest absolute Gasteiger partial charge is 0.254 e. The minimum absolute atomic E-state index is 0.0663. The van der Waals surface area contributed by atoms with E-state index in [9.17, 15) is 13.2 Å². The quantitative estimate of drug-likeness (QED) is 0.684. The highest BCUT2D eigenvalue weighted by molar-refractivity contribution is 7.90. The Morgan fingerprint density at radius 2 is 1.93 bits per heavy atom. The third kappa shape index (κ3) is 3.45. The van der Waals surface area contributed by atoms with Crippen LogP contribution < -0.4 is 20.9 Å². The molecular weight excluding hydrogens is 368 g/mol. The lowest BCUT2D eigenvalue weighted by Crippen LogP contribution is -2.43. The summed E-state index contributed by atoms with van der Waals surface area (Å²) < 4.78 is 23.8. The van der Waals surface area contributed by atoms with Crippen molar-refractivity contribution in [1.82, 2.24) is 20.6 Å². The van der Waals surface area contributed by atoms with E-state index in [4.69, 9.17) is 0 Å². The number of fused-ring (bicyclic) bond motifs is 1. The van der Waals surface area contributed by atoms with Crippen LogP contribution >= 0.6 is 0 Å². The lowest BCUT2D eigenvalue weighted by molar-refractivity contribution is 0.0966. The van der Waals surface area contributed by atoms with Crippen LogP contribution in [0.2, 0.25) is 0 Å². The number of hydrogen-bond donors (Lipinski definition) is 3. The third-order valence-corrected chi connectivity index (χ3v) is 5.69. The Morgan fingerprint density at radius 3 is 2.59 bits per heavy atom. The summed E-state index contributed by atoms with van der Waals surface area (Å²) in [5.41, 5.74) is 2.17. The SMILES string of the molecule is CS(=O)(=O)c1ncc(Nc2ccc(N3CCNCC3)cn2)c2c1CNC2=O. The van der Waals surface area contributed by atoms with Crippen molar-refractivity contribution in [3.05, 3.63) is 35.7 Å². The van der Waals surface area contributed by atoms with Gasteiger partial charge < -0.3 is 20.9 Å².